The Morgan fingerprint density at radius 1 is 1.37 bits per heavy atom. The Morgan fingerprint density at radius 3 is 2.58 bits per heavy atom. The van der Waals surface area contributed by atoms with E-state index in [-0.39, 0.29) is 0 Å². The fraction of sp³-hybridized carbons (Fsp3) is 0.533. The largest absolute Gasteiger partial charge is 0.480 e. The second-order valence-corrected chi connectivity index (χ2v) is 5.11. The first-order chi connectivity index (χ1) is 8.93. The van der Waals surface area contributed by atoms with Gasteiger partial charge in [0.25, 0.3) is 0 Å². The highest BCUT2D eigenvalue weighted by molar-refractivity contribution is 5.73. The molecule has 0 fully saturated rings. The van der Waals surface area contributed by atoms with Crippen LogP contribution < -0.4 is 5.32 Å². The second-order valence-electron chi connectivity index (χ2n) is 5.11. The Kier molecular flexibility index (Phi) is 5.99. The minimum atomic E-state index is -0.805. The van der Waals surface area contributed by atoms with Gasteiger partial charge < -0.3 is 15.3 Å². The van der Waals surface area contributed by atoms with Crippen molar-refractivity contribution < 1.29 is 9.90 Å². The summed E-state index contributed by atoms with van der Waals surface area (Å²) in [6.07, 6.45) is 0.938. The molecule has 2 N–H and O–H groups in total. The molecule has 0 heterocycles. The fourth-order valence-electron chi connectivity index (χ4n) is 1.97. The van der Waals surface area contributed by atoms with Crippen molar-refractivity contribution in [3.8, 4) is 0 Å². The zero-order valence-corrected chi connectivity index (χ0v) is 12.2. The molecule has 0 aromatic heterocycles. The molecule has 1 aromatic carbocycles. The standard InChI is InChI=1S/C15H24N2O2/c1-11-5-6-13(9-12(11)2)7-8-17(4)10-14(16-3)15(18)19/h5-6,9,14,16H,7-8,10H2,1-4H3,(H,18,19). The highest BCUT2D eigenvalue weighted by Gasteiger charge is 2.16. The van der Waals surface area contributed by atoms with Crippen molar-refractivity contribution in [3.63, 3.8) is 0 Å². The number of benzene rings is 1. The van der Waals surface area contributed by atoms with Crippen LogP contribution in [0.2, 0.25) is 0 Å². The van der Waals surface area contributed by atoms with E-state index < -0.39 is 12.0 Å². The van der Waals surface area contributed by atoms with Crippen molar-refractivity contribution >= 4 is 5.97 Å². The van der Waals surface area contributed by atoms with Crippen molar-refractivity contribution in [1.82, 2.24) is 10.2 Å². The third kappa shape index (κ3) is 5.01. The van der Waals surface area contributed by atoms with E-state index in [9.17, 15) is 4.79 Å². The Bertz CT molecular complexity index is 432. The lowest BCUT2D eigenvalue weighted by molar-refractivity contribution is -0.139. The lowest BCUT2D eigenvalue weighted by atomic mass is 10.0. The number of nitrogens with zero attached hydrogens (tertiary/aromatic N) is 1. The van der Waals surface area contributed by atoms with E-state index >= 15 is 0 Å². The molecule has 0 saturated heterocycles. The monoisotopic (exact) mass is 264 g/mol. The van der Waals surface area contributed by atoms with Gasteiger partial charge in [-0.2, -0.15) is 0 Å². The van der Waals surface area contributed by atoms with Crippen molar-refractivity contribution in [3.05, 3.63) is 34.9 Å². The third-order valence-electron chi connectivity index (χ3n) is 3.49. The second kappa shape index (κ2) is 7.26. The molecule has 0 spiro atoms. The van der Waals surface area contributed by atoms with E-state index in [4.69, 9.17) is 5.11 Å². The first-order valence-electron chi connectivity index (χ1n) is 6.58. The van der Waals surface area contributed by atoms with E-state index in [1.54, 1.807) is 7.05 Å². The molecule has 19 heavy (non-hydrogen) atoms. The van der Waals surface area contributed by atoms with Crippen LogP contribution in [0.5, 0.6) is 0 Å². The van der Waals surface area contributed by atoms with Gasteiger partial charge in [0.15, 0.2) is 0 Å². The Hall–Kier alpha value is -1.39. The molecular formula is C15H24N2O2. The number of rotatable bonds is 7. The van der Waals surface area contributed by atoms with Crippen LogP contribution in [-0.2, 0) is 11.2 Å². The number of aryl methyl sites for hydroxylation is 2. The maximum absolute atomic E-state index is 10.9. The topological polar surface area (TPSA) is 52.6 Å². The number of likely N-dealkylation sites (N-methyl/N-ethyl adjacent to an activating group) is 2. The number of aliphatic carboxylic acids is 1. The summed E-state index contributed by atoms with van der Waals surface area (Å²) in [5.74, 6) is -0.805. The van der Waals surface area contributed by atoms with Crippen LogP contribution in [-0.4, -0.2) is 49.2 Å². The lowest BCUT2D eigenvalue weighted by Crippen LogP contribution is -2.43. The average Bonchev–Trinajstić information content (AvgIpc) is 2.37. The molecular weight excluding hydrogens is 240 g/mol. The van der Waals surface area contributed by atoms with Crippen LogP contribution in [0.4, 0.5) is 0 Å². The summed E-state index contributed by atoms with van der Waals surface area (Å²) in [7, 11) is 3.63. The van der Waals surface area contributed by atoms with Gasteiger partial charge in [-0.05, 0) is 51.1 Å². The van der Waals surface area contributed by atoms with Gasteiger partial charge in [-0.25, -0.2) is 0 Å². The van der Waals surface area contributed by atoms with Crippen LogP contribution in [0.1, 0.15) is 16.7 Å². The number of carboxylic acid groups (broad SMARTS) is 1. The quantitative estimate of drug-likeness (QED) is 0.782. The van der Waals surface area contributed by atoms with Gasteiger partial charge in [-0.15, -0.1) is 0 Å². The third-order valence-corrected chi connectivity index (χ3v) is 3.49. The highest BCUT2D eigenvalue weighted by atomic mass is 16.4. The Balaban J connectivity index is 2.47. The fourth-order valence-corrected chi connectivity index (χ4v) is 1.97. The Labute approximate surface area is 115 Å². The molecule has 0 aliphatic heterocycles. The average molecular weight is 264 g/mol. The van der Waals surface area contributed by atoms with Crippen molar-refractivity contribution in [2.45, 2.75) is 26.3 Å². The van der Waals surface area contributed by atoms with E-state index in [2.05, 4.69) is 37.4 Å². The van der Waals surface area contributed by atoms with Crippen LogP contribution in [0.3, 0.4) is 0 Å². The van der Waals surface area contributed by atoms with Gasteiger partial charge in [-0.1, -0.05) is 18.2 Å². The lowest BCUT2D eigenvalue weighted by Gasteiger charge is -2.21. The molecule has 1 aromatic rings. The van der Waals surface area contributed by atoms with Crippen molar-refractivity contribution in [1.29, 1.82) is 0 Å². The van der Waals surface area contributed by atoms with Crippen molar-refractivity contribution in [2.75, 3.05) is 27.2 Å². The smallest absolute Gasteiger partial charge is 0.322 e. The predicted octanol–water partition coefficient (Wildman–Crippen LogP) is 1.45. The van der Waals surface area contributed by atoms with E-state index in [0.29, 0.717) is 6.54 Å². The Morgan fingerprint density at radius 2 is 2.05 bits per heavy atom. The zero-order valence-electron chi connectivity index (χ0n) is 12.2. The number of nitrogens with one attached hydrogen (secondary N) is 1. The summed E-state index contributed by atoms with van der Waals surface area (Å²) in [6, 6.07) is 5.97. The summed E-state index contributed by atoms with van der Waals surface area (Å²) in [4.78, 5) is 13.0. The predicted molar refractivity (Wildman–Crippen MR) is 77.6 cm³/mol. The van der Waals surface area contributed by atoms with Crippen LogP contribution in [0.15, 0.2) is 18.2 Å². The van der Waals surface area contributed by atoms with E-state index in [1.165, 1.54) is 16.7 Å². The molecule has 4 nitrogen and oxygen atoms in total. The molecule has 0 saturated carbocycles. The molecule has 0 amide bonds. The van der Waals surface area contributed by atoms with Crippen LogP contribution >= 0.6 is 0 Å². The zero-order chi connectivity index (χ0) is 14.4. The van der Waals surface area contributed by atoms with Gasteiger partial charge in [0.1, 0.15) is 6.04 Å². The molecule has 1 unspecified atom stereocenters. The van der Waals surface area contributed by atoms with Gasteiger partial charge in [-0.3, -0.25) is 4.79 Å². The summed E-state index contributed by atoms with van der Waals surface area (Å²) in [5, 5.41) is 11.8. The van der Waals surface area contributed by atoms with Crippen LogP contribution in [0, 0.1) is 13.8 Å². The normalized spacial score (nSPS) is 12.7. The maximum Gasteiger partial charge on any atom is 0.322 e. The first-order valence-corrected chi connectivity index (χ1v) is 6.58. The molecule has 0 aliphatic carbocycles. The van der Waals surface area contributed by atoms with E-state index in [0.717, 1.165) is 13.0 Å². The minimum Gasteiger partial charge on any atom is -0.480 e. The van der Waals surface area contributed by atoms with Crippen LogP contribution in [0.25, 0.3) is 0 Å². The molecule has 0 bridgehead atoms. The molecule has 0 aliphatic rings. The molecule has 106 valence electrons. The van der Waals surface area contributed by atoms with Gasteiger partial charge in [0.2, 0.25) is 0 Å². The van der Waals surface area contributed by atoms with E-state index in [1.807, 2.05) is 11.9 Å². The molecule has 4 heteroatoms. The minimum absolute atomic E-state index is 0.509. The summed E-state index contributed by atoms with van der Waals surface area (Å²) < 4.78 is 0. The summed E-state index contributed by atoms with van der Waals surface area (Å²) in [5.41, 5.74) is 3.91. The number of carboxylic acids is 1. The summed E-state index contributed by atoms with van der Waals surface area (Å²) in [6.45, 7) is 5.59. The SMILES string of the molecule is CNC(CN(C)CCc1ccc(C)c(C)c1)C(=O)O. The summed E-state index contributed by atoms with van der Waals surface area (Å²) >= 11 is 0. The van der Waals surface area contributed by atoms with Crippen molar-refractivity contribution in [2.24, 2.45) is 0 Å². The maximum atomic E-state index is 10.9. The van der Waals surface area contributed by atoms with Gasteiger partial charge >= 0.3 is 5.97 Å². The number of hydrogen-bond donors (Lipinski definition) is 2. The molecule has 0 radical (unpaired) electrons. The molecule has 1 rings (SSSR count). The van der Waals surface area contributed by atoms with Gasteiger partial charge in [0.05, 0.1) is 0 Å². The number of carbonyl (C=O) groups is 1. The van der Waals surface area contributed by atoms with Gasteiger partial charge in [0, 0.05) is 13.1 Å². The molecule has 1 atom stereocenters. The first kappa shape index (κ1) is 15.7. The number of hydrogen-bond acceptors (Lipinski definition) is 3. The highest BCUT2D eigenvalue weighted by Crippen LogP contribution is 2.10.